The van der Waals surface area contributed by atoms with E-state index in [1.807, 2.05) is 24.3 Å². The lowest BCUT2D eigenvalue weighted by Gasteiger charge is -2.14. The first-order valence-corrected chi connectivity index (χ1v) is 14.6. The number of nitrogens with one attached hydrogen (secondary N) is 1. The molecule has 7 nitrogen and oxygen atoms in total. The Morgan fingerprint density at radius 3 is 2.72 bits per heavy atom. The molecule has 1 aliphatic carbocycles. The van der Waals surface area contributed by atoms with Crippen LogP contribution in [0.15, 0.2) is 42.0 Å². The smallest absolute Gasteiger partial charge is 0.341 e. The molecule has 0 fully saturated rings. The molecule has 1 amide bonds. The second-order valence-corrected chi connectivity index (χ2v) is 11.3. The van der Waals surface area contributed by atoms with E-state index < -0.39 is 11.9 Å². The van der Waals surface area contributed by atoms with Crippen LogP contribution in [0.5, 0.6) is 11.5 Å². The normalized spacial score (nSPS) is 12.7. The van der Waals surface area contributed by atoms with E-state index in [2.05, 4.69) is 27.9 Å². The maximum Gasteiger partial charge on any atom is 0.341 e. The highest BCUT2D eigenvalue weighted by molar-refractivity contribution is 14.1. The van der Waals surface area contributed by atoms with Crippen LogP contribution in [-0.2, 0) is 29.0 Å². The third-order valence-corrected chi connectivity index (χ3v) is 8.51. The first kappa shape index (κ1) is 28.9. The molecule has 0 spiro atoms. The Morgan fingerprint density at radius 1 is 1.23 bits per heavy atom. The number of fused-ring (bicyclic) bond motifs is 1. The number of benzene rings is 2. The Balaban J connectivity index is 1.58. The third-order valence-electron chi connectivity index (χ3n) is 6.14. The summed E-state index contributed by atoms with van der Waals surface area (Å²) in [5.41, 5.74) is 2.65. The van der Waals surface area contributed by atoms with Gasteiger partial charge >= 0.3 is 5.97 Å². The summed E-state index contributed by atoms with van der Waals surface area (Å²) >= 11 is 9.75. The first-order valence-electron chi connectivity index (χ1n) is 12.3. The van der Waals surface area contributed by atoms with Crippen LogP contribution in [-0.4, -0.2) is 25.6 Å². The van der Waals surface area contributed by atoms with Crippen molar-refractivity contribution < 1.29 is 23.8 Å². The lowest BCUT2D eigenvalue weighted by molar-refractivity contribution is -0.112. The van der Waals surface area contributed by atoms with Gasteiger partial charge < -0.3 is 19.5 Å². The molecule has 10 heteroatoms. The Morgan fingerprint density at radius 2 is 2.00 bits per heavy atom. The minimum Gasteiger partial charge on any atom is -0.493 e. The van der Waals surface area contributed by atoms with Gasteiger partial charge in [-0.05, 0) is 90.6 Å². The summed E-state index contributed by atoms with van der Waals surface area (Å²) in [7, 11) is 1.52. The number of hydrogen-bond acceptors (Lipinski definition) is 7. The van der Waals surface area contributed by atoms with E-state index >= 15 is 0 Å². The van der Waals surface area contributed by atoms with Crippen molar-refractivity contribution in [1.29, 1.82) is 5.26 Å². The fourth-order valence-electron chi connectivity index (χ4n) is 4.29. The highest BCUT2D eigenvalue weighted by atomic mass is 127. The van der Waals surface area contributed by atoms with Crippen molar-refractivity contribution >= 4 is 68.5 Å². The number of anilines is 1. The predicted molar refractivity (Wildman–Crippen MR) is 161 cm³/mol. The van der Waals surface area contributed by atoms with Crippen molar-refractivity contribution in [2.75, 3.05) is 19.0 Å². The van der Waals surface area contributed by atoms with Gasteiger partial charge in [0.05, 0.1) is 22.9 Å². The van der Waals surface area contributed by atoms with Crippen LogP contribution in [0.2, 0.25) is 5.02 Å². The van der Waals surface area contributed by atoms with E-state index in [4.69, 9.17) is 25.8 Å². The number of methoxy groups -OCH3 is 1. The predicted octanol–water partition coefficient (Wildman–Crippen LogP) is 7.19. The maximum atomic E-state index is 13.2. The molecule has 39 heavy (non-hydrogen) atoms. The summed E-state index contributed by atoms with van der Waals surface area (Å²) in [6.07, 6.45) is 5.11. The second-order valence-electron chi connectivity index (χ2n) is 8.67. The number of carbonyl (C=O) groups excluding carboxylic acids is 2. The van der Waals surface area contributed by atoms with E-state index in [0.717, 1.165) is 45.3 Å². The van der Waals surface area contributed by atoms with Crippen molar-refractivity contribution in [3.8, 4) is 17.6 Å². The number of halogens is 2. The van der Waals surface area contributed by atoms with Gasteiger partial charge in [-0.25, -0.2) is 4.79 Å². The topological polar surface area (TPSA) is 97.7 Å². The number of thiophene rings is 1. The second kappa shape index (κ2) is 13.3. The molecule has 0 atom stereocenters. The van der Waals surface area contributed by atoms with Crippen LogP contribution >= 0.6 is 45.5 Å². The standard InChI is InChI=1S/C29H26ClIN2O5S/c1-3-37-29(35)25-20-9-5-7-11-24(20)39-28(25)33-27(34)19(15-32)12-17-13-22(31)26(23(14-17)36-2)38-16-18-8-4-6-10-21(18)30/h4,6,8,10,12-14H,3,5,7,9,11,16H2,1-2H3,(H,33,34). The van der Waals surface area contributed by atoms with E-state index in [9.17, 15) is 14.9 Å². The van der Waals surface area contributed by atoms with E-state index in [0.29, 0.717) is 32.6 Å². The fraction of sp³-hybridized carbons (Fsp3) is 0.276. The van der Waals surface area contributed by atoms with Crippen molar-refractivity contribution in [3.63, 3.8) is 0 Å². The van der Waals surface area contributed by atoms with E-state index in [1.165, 1.54) is 24.5 Å². The van der Waals surface area contributed by atoms with Crippen LogP contribution in [0.4, 0.5) is 5.00 Å². The molecule has 2 aromatic carbocycles. The summed E-state index contributed by atoms with van der Waals surface area (Å²) in [6, 6.07) is 12.9. The van der Waals surface area contributed by atoms with Gasteiger partial charge in [0.15, 0.2) is 11.5 Å². The molecule has 4 rings (SSSR count). The van der Waals surface area contributed by atoms with Gasteiger partial charge in [0.2, 0.25) is 0 Å². The molecule has 1 aliphatic rings. The molecular formula is C29H26ClIN2O5S. The van der Waals surface area contributed by atoms with Crippen molar-refractivity contribution in [3.05, 3.63) is 77.7 Å². The number of amides is 1. The van der Waals surface area contributed by atoms with E-state index in [1.54, 1.807) is 25.1 Å². The van der Waals surface area contributed by atoms with Gasteiger partial charge in [-0.3, -0.25) is 4.79 Å². The van der Waals surface area contributed by atoms with Crippen molar-refractivity contribution in [1.82, 2.24) is 0 Å². The number of nitrogens with zero attached hydrogens (tertiary/aromatic N) is 1. The number of rotatable bonds is 9. The highest BCUT2D eigenvalue weighted by Gasteiger charge is 2.28. The number of aryl methyl sites for hydroxylation is 1. The minimum absolute atomic E-state index is 0.112. The summed E-state index contributed by atoms with van der Waals surface area (Å²) in [5, 5.41) is 13.6. The zero-order valence-corrected chi connectivity index (χ0v) is 25.2. The zero-order chi connectivity index (χ0) is 27.9. The third kappa shape index (κ3) is 6.75. The van der Waals surface area contributed by atoms with Gasteiger partial charge in [0, 0.05) is 15.5 Å². The van der Waals surface area contributed by atoms with Gasteiger partial charge in [-0.1, -0.05) is 29.8 Å². The molecule has 0 aliphatic heterocycles. The van der Waals surface area contributed by atoms with Gasteiger partial charge in [-0.15, -0.1) is 11.3 Å². The largest absolute Gasteiger partial charge is 0.493 e. The minimum atomic E-state index is -0.602. The molecule has 1 aromatic heterocycles. The summed E-state index contributed by atoms with van der Waals surface area (Å²) in [4.78, 5) is 27.0. The lowest BCUT2D eigenvalue weighted by atomic mass is 9.95. The number of carbonyl (C=O) groups is 2. The molecular weight excluding hydrogens is 651 g/mol. The SMILES string of the molecule is CCOC(=O)c1c(NC(=O)C(C#N)=Cc2cc(I)c(OCc3ccccc3Cl)c(OC)c2)sc2c1CCCC2. The summed E-state index contributed by atoms with van der Waals surface area (Å²) in [5.74, 6) is -0.0779. The van der Waals surface area contributed by atoms with Crippen LogP contribution < -0.4 is 14.8 Å². The Bertz CT molecular complexity index is 1480. The van der Waals surface area contributed by atoms with Crippen LogP contribution in [0.25, 0.3) is 6.08 Å². The molecule has 0 unspecified atom stereocenters. The van der Waals surface area contributed by atoms with Crippen molar-refractivity contribution in [2.45, 2.75) is 39.2 Å². The Hall–Kier alpha value is -3.07. The maximum absolute atomic E-state index is 13.2. The summed E-state index contributed by atoms with van der Waals surface area (Å²) < 4.78 is 17.6. The number of nitriles is 1. The lowest BCUT2D eigenvalue weighted by Crippen LogP contribution is -2.16. The highest BCUT2D eigenvalue weighted by Crippen LogP contribution is 2.39. The van der Waals surface area contributed by atoms with Gasteiger partial charge in [0.25, 0.3) is 5.91 Å². The van der Waals surface area contributed by atoms with Crippen LogP contribution in [0.1, 0.15) is 51.7 Å². The quantitative estimate of drug-likeness (QED) is 0.112. The first-order chi connectivity index (χ1) is 18.9. The van der Waals surface area contributed by atoms with Crippen molar-refractivity contribution in [2.24, 2.45) is 0 Å². The molecule has 0 bridgehead atoms. The molecule has 0 saturated carbocycles. The monoisotopic (exact) mass is 676 g/mol. The van der Waals surface area contributed by atoms with Gasteiger partial charge in [-0.2, -0.15) is 5.26 Å². The number of ether oxygens (including phenoxy) is 3. The average molecular weight is 677 g/mol. The molecule has 202 valence electrons. The van der Waals surface area contributed by atoms with Crippen LogP contribution in [0.3, 0.4) is 0 Å². The average Bonchev–Trinajstić information content (AvgIpc) is 3.29. The molecule has 0 saturated heterocycles. The molecule has 1 heterocycles. The molecule has 0 radical (unpaired) electrons. The molecule has 3 aromatic rings. The number of hydrogen-bond donors (Lipinski definition) is 1. The Labute approximate surface area is 249 Å². The van der Waals surface area contributed by atoms with E-state index in [-0.39, 0.29) is 18.8 Å². The Kier molecular flexibility index (Phi) is 9.88. The van der Waals surface area contributed by atoms with Gasteiger partial charge in [0.1, 0.15) is 23.3 Å². The fourth-order valence-corrected chi connectivity index (χ4v) is 6.53. The molecule has 1 N–H and O–H groups in total. The number of esters is 1. The van der Waals surface area contributed by atoms with Crippen LogP contribution in [0, 0.1) is 14.9 Å². The summed E-state index contributed by atoms with van der Waals surface area (Å²) in [6.45, 7) is 2.23. The zero-order valence-electron chi connectivity index (χ0n) is 21.4.